The predicted octanol–water partition coefficient (Wildman–Crippen LogP) is 6.79. The molecule has 2 aromatic rings. The number of aryl methyl sites for hydroxylation is 1. The first kappa shape index (κ1) is 21.4. The first-order chi connectivity index (χ1) is 12.7. The first-order valence-electron chi connectivity index (χ1n) is 8.95. The van der Waals surface area contributed by atoms with Gasteiger partial charge < -0.3 is 4.74 Å². The Morgan fingerprint density at radius 1 is 0.741 bits per heavy atom. The zero-order valence-corrected chi connectivity index (χ0v) is 15.2. The molecule has 6 heteroatoms. The molecule has 0 N–H and O–H groups in total. The molecule has 0 unspecified atom stereocenters. The molecule has 0 aromatic heterocycles. The van der Waals surface area contributed by atoms with Crippen LogP contribution >= 0.6 is 0 Å². The van der Waals surface area contributed by atoms with E-state index >= 15 is 0 Å². The van der Waals surface area contributed by atoms with Gasteiger partial charge in [-0.05, 0) is 41.7 Å². The molecule has 0 fully saturated rings. The van der Waals surface area contributed by atoms with E-state index in [1.807, 2.05) is 12.1 Å². The number of hydrogen-bond donors (Lipinski definition) is 0. The fourth-order valence-electron chi connectivity index (χ4n) is 2.67. The van der Waals surface area contributed by atoms with Crippen LogP contribution in [0.15, 0.2) is 48.5 Å². The van der Waals surface area contributed by atoms with Gasteiger partial charge in [0.1, 0.15) is 0 Å². The molecule has 0 spiro atoms. The summed E-state index contributed by atoms with van der Waals surface area (Å²) in [6.07, 6.45) is -4.38. The molecule has 0 aliphatic carbocycles. The van der Waals surface area contributed by atoms with E-state index in [0.29, 0.717) is 5.56 Å². The second-order valence-corrected chi connectivity index (χ2v) is 6.57. The molecule has 27 heavy (non-hydrogen) atoms. The van der Waals surface area contributed by atoms with Crippen LogP contribution in [0.3, 0.4) is 0 Å². The molecule has 1 nitrogen and oxygen atoms in total. The monoisotopic (exact) mass is 386 g/mol. The molecular weight excluding hydrogens is 363 g/mol. The molecule has 148 valence electrons. The Labute approximate surface area is 156 Å². The highest BCUT2D eigenvalue weighted by Crippen LogP contribution is 2.30. The molecule has 0 aliphatic heterocycles. The van der Waals surface area contributed by atoms with Gasteiger partial charge in [0.05, 0.1) is 18.6 Å². The Bertz CT molecular complexity index is 690. The number of halogens is 5. The molecule has 0 amide bonds. The summed E-state index contributed by atoms with van der Waals surface area (Å²) in [4.78, 5) is 0. The molecule has 2 rings (SSSR count). The van der Waals surface area contributed by atoms with Gasteiger partial charge in [0.15, 0.2) is 0 Å². The van der Waals surface area contributed by atoms with Crippen LogP contribution in [0.5, 0.6) is 0 Å². The van der Waals surface area contributed by atoms with Crippen LogP contribution in [0.1, 0.15) is 48.4 Å². The summed E-state index contributed by atoms with van der Waals surface area (Å²) in [5, 5.41) is 0. The molecule has 0 saturated carbocycles. The lowest BCUT2D eigenvalue weighted by molar-refractivity contribution is -0.244. The van der Waals surface area contributed by atoms with Gasteiger partial charge >= 0.3 is 12.3 Å². The third-order valence-electron chi connectivity index (χ3n) is 4.23. The van der Waals surface area contributed by atoms with Crippen molar-refractivity contribution in [3.63, 3.8) is 0 Å². The smallest absolute Gasteiger partial charge is 0.315 e. The topological polar surface area (TPSA) is 9.23 Å². The molecule has 2 aromatic carbocycles. The summed E-state index contributed by atoms with van der Waals surface area (Å²) in [6, 6.07) is 11.0. The predicted molar refractivity (Wildman–Crippen MR) is 94.6 cm³/mol. The van der Waals surface area contributed by atoms with Crippen LogP contribution in [0.25, 0.3) is 0 Å². The van der Waals surface area contributed by atoms with Crippen LogP contribution < -0.4 is 0 Å². The maximum atomic E-state index is 14.0. The van der Waals surface area contributed by atoms with Crippen LogP contribution in [0.2, 0.25) is 0 Å². The molecule has 0 bridgehead atoms. The van der Waals surface area contributed by atoms with Crippen molar-refractivity contribution in [1.82, 2.24) is 0 Å². The average molecular weight is 386 g/mol. The largest absolute Gasteiger partial charge is 0.416 e. The van der Waals surface area contributed by atoms with Crippen molar-refractivity contribution in [2.45, 2.75) is 57.9 Å². The van der Waals surface area contributed by atoms with Gasteiger partial charge in [0, 0.05) is 0 Å². The van der Waals surface area contributed by atoms with E-state index < -0.39 is 24.3 Å². The van der Waals surface area contributed by atoms with Gasteiger partial charge in [0.2, 0.25) is 0 Å². The van der Waals surface area contributed by atoms with Crippen molar-refractivity contribution >= 4 is 0 Å². The van der Waals surface area contributed by atoms with Crippen LogP contribution in [0.4, 0.5) is 22.0 Å². The number of alkyl halides is 5. The Balaban J connectivity index is 1.87. The van der Waals surface area contributed by atoms with E-state index in [-0.39, 0.29) is 12.2 Å². The summed E-state index contributed by atoms with van der Waals surface area (Å²) in [5.41, 5.74) is 0.999. The lowest BCUT2D eigenvalue weighted by Gasteiger charge is -2.17. The molecule has 0 heterocycles. The molecular formula is C21H23F5O. The molecule has 0 saturated heterocycles. The summed E-state index contributed by atoms with van der Waals surface area (Å²) >= 11 is 0. The number of benzene rings is 2. The highest BCUT2D eigenvalue weighted by Gasteiger charge is 2.32. The standard InChI is InChI=1S/C21H23F5O/c1-2-3-4-5-16-6-8-18(9-7-16)15-27-20(22,23)14-17-10-12-19(13-11-17)21(24,25)26/h6-13H,2-5,14-15H2,1H3. The lowest BCUT2D eigenvalue weighted by atomic mass is 10.1. The van der Waals surface area contributed by atoms with Crippen molar-refractivity contribution in [3.8, 4) is 0 Å². The van der Waals surface area contributed by atoms with Crippen LogP contribution in [0, 0.1) is 0 Å². The zero-order valence-electron chi connectivity index (χ0n) is 15.2. The van der Waals surface area contributed by atoms with E-state index in [9.17, 15) is 22.0 Å². The Morgan fingerprint density at radius 2 is 1.30 bits per heavy atom. The highest BCUT2D eigenvalue weighted by molar-refractivity contribution is 5.25. The first-order valence-corrected chi connectivity index (χ1v) is 8.95. The lowest BCUT2D eigenvalue weighted by Crippen LogP contribution is -2.23. The Hall–Kier alpha value is -1.95. The van der Waals surface area contributed by atoms with Crippen molar-refractivity contribution in [3.05, 3.63) is 70.8 Å². The maximum absolute atomic E-state index is 14.0. The normalized spacial score (nSPS) is 12.4. The number of rotatable bonds is 9. The van der Waals surface area contributed by atoms with Crippen molar-refractivity contribution in [1.29, 1.82) is 0 Å². The number of unbranched alkanes of at least 4 members (excludes halogenated alkanes) is 2. The quantitative estimate of drug-likeness (QED) is 0.341. The summed E-state index contributed by atoms with van der Waals surface area (Å²) in [6.45, 7) is 1.87. The van der Waals surface area contributed by atoms with Gasteiger partial charge in [-0.15, -0.1) is 0 Å². The summed E-state index contributed by atoms with van der Waals surface area (Å²) in [5.74, 6) is 0. The summed E-state index contributed by atoms with van der Waals surface area (Å²) in [7, 11) is 0. The number of hydrogen-bond acceptors (Lipinski definition) is 1. The minimum absolute atomic E-state index is 0.0827. The van der Waals surface area contributed by atoms with E-state index in [2.05, 4.69) is 6.92 Å². The fourth-order valence-corrected chi connectivity index (χ4v) is 2.67. The molecule has 0 atom stereocenters. The highest BCUT2D eigenvalue weighted by atomic mass is 19.4. The van der Waals surface area contributed by atoms with Crippen molar-refractivity contribution in [2.24, 2.45) is 0 Å². The minimum Gasteiger partial charge on any atom is -0.315 e. The third-order valence-corrected chi connectivity index (χ3v) is 4.23. The molecule has 0 radical (unpaired) electrons. The maximum Gasteiger partial charge on any atom is 0.416 e. The van der Waals surface area contributed by atoms with E-state index in [1.54, 1.807) is 12.1 Å². The number of ether oxygens (including phenoxy) is 1. The van der Waals surface area contributed by atoms with E-state index in [0.717, 1.165) is 55.5 Å². The van der Waals surface area contributed by atoms with Crippen LogP contribution in [-0.4, -0.2) is 6.11 Å². The fraction of sp³-hybridized carbons (Fsp3) is 0.429. The van der Waals surface area contributed by atoms with E-state index in [4.69, 9.17) is 4.74 Å². The SMILES string of the molecule is CCCCCc1ccc(COC(F)(F)Cc2ccc(C(F)(F)F)cc2)cc1. The van der Waals surface area contributed by atoms with Crippen molar-refractivity contribution in [2.75, 3.05) is 0 Å². The van der Waals surface area contributed by atoms with Gasteiger partial charge in [-0.1, -0.05) is 56.2 Å². The Morgan fingerprint density at radius 3 is 1.85 bits per heavy atom. The van der Waals surface area contributed by atoms with Crippen molar-refractivity contribution < 1.29 is 26.7 Å². The molecule has 0 aliphatic rings. The van der Waals surface area contributed by atoms with Gasteiger partial charge in [-0.3, -0.25) is 0 Å². The van der Waals surface area contributed by atoms with Crippen LogP contribution in [-0.2, 0) is 30.4 Å². The zero-order chi connectivity index (χ0) is 19.9. The van der Waals surface area contributed by atoms with Gasteiger partial charge in [-0.25, -0.2) is 0 Å². The second-order valence-electron chi connectivity index (χ2n) is 6.57. The van der Waals surface area contributed by atoms with E-state index in [1.165, 1.54) is 0 Å². The second kappa shape index (κ2) is 9.31. The van der Waals surface area contributed by atoms with Gasteiger partial charge in [0.25, 0.3) is 0 Å². The Kier molecular flexibility index (Phi) is 7.36. The third kappa shape index (κ3) is 7.29. The van der Waals surface area contributed by atoms with Gasteiger partial charge in [-0.2, -0.15) is 22.0 Å². The minimum atomic E-state index is -4.49. The summed E-state index contributed by atoms with van der Waals surface area (Å²) < 4.78 is 70.2. The average Bonchev–Trinajstić information content (AvgIpc) is 2.61.